The van der Waals surface area contributed by atoms with Crippen LogP contribution in [0.4, 0.5) is 0 Å². The van der Waals surface area contributed by atoms with Gasteiger partial charge in [0.15, 0.2) is 0 Å². The maximum atomic E-state index is 4.87. The Morgan fingerprint density at radius 2 is 1.50 bits per heavy atom. The second-order valence-electron chi connectivity index (χ2n) is 12.1. The van der Waals surface area contributed by atoms with E-state index in [2.05, 4.69) is 91.5 Å². The summed E-state index contributed by atoms with van der Waals surface area (Å²) in [6.07, 6.45) is 9.34. The molecule has 1 saturated carbocycles. The van der Waals surface area contributed by atoms with Gasteiger partial charge in [-0.2, -0.15) is 11.3 Å². The van der Waals surface area contributed by atoms with Crippen LogP contribution in [0.25, 0.3) is 42.7 Å². The van der Waals surface area contributed by atoms with Crippen molar-refractivity contribution in [1.82, 2.24) is 9.97 Å². The summed E-state index contributed by atoms with van der Waals surface area (Å²) >= 11 is 1.93. The van der Waals surface area contributed by atoms with E-state index in [1.165, 1.54) is 57.0 Å². The van der Waals surface area contributed by atoms with Crippen LogP contribution in [0.2, 0.25) is 19.6 Å². The molecular weight excluding hydrogens is 725 g/mol. The zero-order valence-corrected chi connectivity index (χ0v) is 28.9. The molecule has 0 saturated heterocycles. The van der Waals surface area contributed by atoms with Gasteiger partial charge in [0.2, 0.25) is 0 Å². The molecule has 0 spiro atoms. The molecule has 1 fully saturated rings. The minimum atomic E-state index is -1.40. The topological polar surface area (TPSA) is 25.8 Å². The zero-order valence-electron chi connectivity index (χ0n) is 24.7. The van der Waals surface area contributed by atoms with Crippen molar-refractivity contribution in [2.45, 2.75) is 58.2 Å². The third-order valence-electron chi connectivity index (χ3n) is 8.03. The average molecular weight is 761 g/mol. The summed E-state index contributed by atoms with van der Waals surface area (Å²) in [5.74, 6) is 0.713. The Morgan fingerprint density at radius 3 is 2.17 bits per heavy atom. The molecule has 215 valence electrons. The summed E-state index contributed by atoms with van der Waals surface area (Å²) in [5, 5.41) is 4.29. The minimum absolute atomic E-state index is 0. The van der Waals surface area contributed by atoms with Crippen molar-refractivity contribution < 1.29 is 20.1 Å². The van der Waals surface area contributed by atoms with Gasteiger partial charge in [-0.05, 0) is 63.5 Å². The van der Waals surface area contributed by atoms with E-state index in [9.17, 15) is 0 Å². The molecule has 1 aliphatic carbocycles. The van der Waals surface area contributed by atoms with E-state index in [1.54, 1.807) is 5.19 Å². The van der Waals surface area contributed by atoms with Gasteiger partial charge in [0.1, 0.15) is 0 Å². The first kappa shape index (κ1) is 30.5. The SMILES string of the molecule is C[Si](C)(C)c1cccc2c1sc1c(-c3ccc(C4CCCC4)cn3)[c-]ccc12.Cc1ccc(-c2[c-]cccc2)nc1.[Ir]. The Bertz CT molecular complexity index is 1770. The second kappa shape index (κ2) is 13.1. The first-order valence-electron chi connectivity index (χ1n) is 14.6. The van der Waals surface area contributed by atoms with Crippen molar-refractivity contribution in [3.05, 3.63) is 115 Å². The van der Waals surface area contributed by atoms with Gasteiger partial charge < -0.3 is 9.97 Å². The van der Waals surface area contributed by atoms with Gasteiger partial charge in [0.05, 0.1) is 8.07 Å². The Morgan fingerprint density at radius 1 is 0.738 bits per heavy atom. The molecule has 6 aromatic rings. The van der Waals surface area contributed by atoms with E-state index in [-0.39, 0.29) is 20.1 Å². The van der Waals surface area contributed by atoms with E-state index >= 15 is 0 Å². The van der Waals surface area contributed by atoms with Crippen molar-refractivity contribution in [2.75, 3.05) is 0 Å². The summed E-state index contributed by atoms with van der Waals surface area (Å²) in [4.78, 5) is 9.19. The Balaban J connectivity index is 0.000000212. The van der Waals surface area contributed by atoms with Gasteiger partial charge in [-0.15, -0.1) is 59.7 Å². The van der Waals surface area contributed by atoms with Crippen molar-refractivity contribution in [2.24, 2.45) is 0 Å². The molecule has 3 aromatic heterocycles. The number of thiophene rings is 1. The van der Waals surface area contributed by atoms with Crippen LogP contribution in [-0.4, -0.2) is 18.0 Å². The van der Waals surface area contributed by atoms with Gasteiger partial charge in [-0.25, -0.2) is 0 Å². The van der Waals surface area contributed by atoms with Crippen molar-refractivity contribution in [1.29, 1.82) is 0 Å². The van der Waals surface area contributed by atoms with Crippen LogP contribution in [0.3, 0.4) is 0 Å². The Hall–Kier alpha value is -2.95. The van der Waals surface area contributed by atoms with Gasteiger partial charge in [-0.1, -0.05) is 80.3 Å². The molecular formula is C37H36IrN2SSi-2. The number of aryl methyl sites for hydroxylation is 1. The number of fused-ring (bicyclic) bond motifs is 3. The standard InChI is InChI=1S/C25H26NSSi.C12H10N.Ir/c1-28(2,3)23-13-7-11-20-19-10-6-12-21(24(19)27-25(20)23)22-15-14-18(16-26-22)17-8-4-5-9-17;1-10-7-8-12(13-9-10)11-5-3-2-4-6-11;/h6-7,10-11,13-17H,4-5,8-9H2,1-3H3;2-5,7-9H,1H3;/q2*-1;. The second-order valence-corrected chi connectivity index (χ2v) is 18.1. The molecule has 3 aromatic carbocycles. The third kappa shape index (κ3) is 6.50. The van der Waals surface area contributed by atoms with Gasteiger partial charge in [0.25, 0.3) is 0 Å². The van der Waals surface area contributed by atoms with Crippen LogP contribution < -0.4 is 5.19 Å². The van der Waals surface area contributed by atoms with Crippen LogP contribution in [0.5, 0.6) is 0 Å². The quantitative estimate of drug-likeness (QED) is 0.132. The molecule has 2 nitrogen and oxygen atoms in total. The largest absolute Gasteiger partial charge is 0.304 e. The van der Waals surface area contributed by atoms with Gasteiger partial charge >= 0.3 is 0 Å². The molecule has 3 heterocycles. The summed E-state index contributed by atoms with van der Waals surface area (Å²) in [6.45, 7) is 9.33. The molecule has 0 aliphatic heterocycles. The molecule has 0 amide bonds. The molecule has 0 bridgehead atoms. The molecule has 7 rings (SSSR count). The molecule has 5 heteroatoms. The third-order valence-corrected chi connectivity index (χ3v) is 11.5. The summed E-state index contributed by atoms with van der Waals surface area (Å²) in [7, 11) is -1.40. The van der Waals surface area contributed by atoms with Crippen molar-refractivity contribution in [3.8, 4) is 22.5 Å². The molecule has 42 heavy (non-hydrogen) atoms. The van der Waals surface area contributed by atoms with Crippen molar-refractivity contribution in [3.63, 3.8) is 0 Å². The minimum Gasteiger partial charge on any atom is -0.304 e. The van der Waals surface area contributed by atoms with Crippen LogP contribution >= 0.6 is 11.3 Å². The number of rotatable bonds is 4. The van der Waals surface area contributed by atoms with E-state index in [0.29, 0.717) is 5.92 Å². The fraction of sp³-hybridized carbons (Fsp3) is 0.243. The van der Waals surface area contributed by atoms with Gasteiger partial charge in [0, 0.05) is 37.2 Å². The van der Waals surface area contributed by atoms with E-state index in [0.717, 1.165) is 22.5 Å². The number of pyridine rings is 2. The van der Waals surface area contributed by atoms with Crippen LogP contribution in [0.15, 0.2) is 91.3 Å². The summed E-state index contributed by atoms with van der Waals surface area (Å²) in [6, 6.07) is 34.2. The predicted octanol–water partition coefficient (Wildman–Crippen LogP) is 9.97. The number of nitrogens with zero attached hydrogens (tertiary/aromatic N) is 2. The Labute approximate surface area is 268 Å². The maximum Gasteiger partial charge on any atom is 0.0794 e. The van der Waals surface area contributed by atoms with Crippen LogP contribution in [0, 0.1) is 19.1 Å². The molecule has 1 radical (unpaired) electrons. The Kier molecular flexibility index (Phi) is 9.54. The molecule has 0 atom stereocenters. The average Bonchev–Trinajstić information content (AvgIpc) is 3.67. The normalized spacial score (nSPS) is 13.5. The number of benzene rings is 3. The van der Waals surface area contributed by atoms with E-state index in [4.69, 9.17) is 4.98 Å². The van der Waals surface area contributed by atoms with Crippen LogP contribution in [0.1, 0.15) is 42.7 Å². The molecule has 0 N–H and O–H groups in total. The summed E-state index contributed by atoms with van der Waals surface area (Å²) in [5.41, 5.74) is 6.81. The molecule has 0 unspecified atom stereocenters. The van der Waals surface area contributed by atoms with Crippen molar-refractivity contribution >= 4 is 44.8 Å². The van der Waals surface area contributed by atoms with Crippen LogP contribution in [-0.2, 0) is 20.1 Å². The predicted molar refractivity (Wildman–Crippen MR) is 179 cm³/mol. The smallest absolute Gasteiger partial charge is 0.0794 e. The number of aromatic nitrogens is 2. The molecule has 1 aliphatic rings. The first-order valence-corrected chi connectivity index (χ1v) is 18.9. The van der Waals surface area contributed by atoms with E-state index < -0.39 is 8.07 Å². The monoisotopic (exact) mass is 761 g/mol. The maximum absolute atomic E-state index is 4.87. The first-order chi connectivity index (χ1) is 19.9. The summed E-state index contributed by atoms with van der Waals surface area (Å²) < 4.78 is 2.78. The fourth-order valence-electron chi connectivity index (χ4n) is 5.78. The van der Waals surface area contributed by atoms with Gasteiger partial charge in [-0.3, -0.25) is 0 Å². The zero-order chi connectivity index (χ0) is 28.4. The van der Waals surface area contributed by atoms with E-state index in [1.807, 2.05) is 54.8 Å². The number of hydrogen-bond acceptors (Lipinski definition) is 3. The fourth-order valence-corrected chi connectivity index (χ4v) is 9.49. The number of hydrogen-bond donors (Lipinski definition) is 0.